The molecule has 21 heavy (non-hydrogen) atoms. The van der Waals surface area contributed by atoms with Crippen molar-refractivity contribution < 1.29 is 10.0 Å². The fourth-order valence-corrected chi connectivity index (χ4v) is 2.29. The Morgan fingerprint density at radius 3 is 2.24 bits per heavy atom. The summed E-state index contributed by atoms with van der Waals surface area (Å²) in [6.07, 6.45) is 0. The number of hydrogen-bond acceptors (Lipinski definition) is 3. The van der Waals surface area contributed by atoms with Gasteiger partial charge in [0.25, 0.3) is 0 Å². The van der Waals surface area contributed by atoms with E-state index in [0.717, 1.165) is 5.56 Å². The van der Waals surface area contributed by atoms with Gasteiger partial charge in [-0.3, -0.25) is 4.79 Å². The molecule has 1 aromatic rings. The maximum atomic E-state index is 12.8. The van der Waals surface area contributed by atoms with Crippen LogP contribution in [0.2, 0.25) is 0 Å². The van der Waals surface area contributed by atoms with Crippen molar-refractivity contribution in [3.05, 3.63) is 35.9 Å². The topological polar surface area (TPSA) is 78.9 Å². The van der Waals surface area contributed by atoms with E-state index in [2.05, 4.69) is 5.16 Å². The van der Waals surface area contributed by atoms with Gasteiger partial charge in [-0.25, -0.2) is 0 Å². The molecule has 0 radical (unpaired) electrons. The van der Waals surface area contributed by atoms with Crippen LogP contribution >= 0.6 is 0 Å². The number of amidine groups is 1. The van der Waals surface area contributed by atoms with E-state index in [1.165, 1.54) is 0 Å². The van der Waals surface area contributed by atoms with Gasteiger partial charge >= 0.3 is 0 Å². The Labute approximate surface area is 126 Å². The maximum Gasteiger partial charge on any atom is 0.234 e. The molecule has 0 bridgehead atoms. The maximum absolute atomic E-state index is 12.8. The van der Waals surface area contributed by atoms with Crippen molar-refractivity contribution in [3.63, 3.8) is 0 Å². The van der Waals surface area contributed by atoms with Crippen molar-refractivity contribution in [2.75, 3.05) is 0 Å². The van der Waals surface area contributed by atoms with Crippen LogP contribution in [-0.4, -0.2) is 27.9 Å². The fraction of sp³-hybridized carbons (Fsp3) is 0.500. The molecule has 0 saturated heterocycles. The number of benzene rings is 1. The minimum absolute atomic E-state index is 0.0328. The molecular weight excluding hydrogens is 266 g/mol. The third kappa shape index (κ3) is 4.48. The average Bonchev–Trinajstić information content (AvgIpc) is 2.44. The molecule has 0 aliphatic rings. The van der Waals surface area contributed by atoms with Crippen LogP contribution in [0.4, 0.5) is 0 Å². The molecule has 5 nitrogen and oxygen atoms in total. The molecule has 0 fully saturated rings. The third-order valence-electron chi connectivity index (χ3n) is 3.47. The highest BCUT2D eigenvalue weighted by molar-refractivity contribution is 6.02. The number of nitrogens with two attached hydrogens (primary N) is 1. The van der Waals surface area contributed by atoms with E-state index < -0.39 is 5.92 Å². The first-order chi connectivity index (χ1) is 9.88. The second-order valence-corrected chi connectivity index (χ2v) is 5.79. The lowest BCUT2D eigenvalue weighted by molar-refractivity contribution is -0.137. The van der Waals surface area contributed by atoms with Gasteiger partial charge in [-0.2, -0.15) is 0 Å². The van der Waals surface area contributed by atoms with Crippen LogP contribution in [0.15, 0.2) is 35.5 Å². The first kappa shape index (κ1) is 17.0. The number of rotatable bonds is 6. The molecule has 0 spiro atoms. The minimum atomic E-state index is -0.610. The molecule has 116 valence electrons. The van der Waals surface area contributed by atoms with Crippen molar-refractivity contribution in [2.45, 2.75) is 40.3 Å². The van der Waals surface area contributed by atoms with Crippen LogP contribution in [0, 0.1) is 11.8 Å². The highest BCUT2D eigenvalue weighted by Crippen LogP contribution is 2.19. The lowest BCUT2D eigenvalue weighted by atomic mass is 9.92. The second kappa shape index (κ2) is 7.67. The van der Waals surface area contributed by atoms with Crippen LogP contribution in [-0.2, 0) is 11.3 Å². The van der Waals surface area contributed by atoms with Gasteiger partial charge in [0.05, 0.1) is 0 Å². The standard InChI is InChI=1S/C16H25N3O2/c1-11(2)14(15(17)18-21)16(20)19(12(3)4)10-13-8-6-5-7-9-13/h5-9,11-12,14,21H,10H2,1-4H3,(H2,17,18). The highest BCUT2D eigenvalue weighted by Gasteiger charge is 2.32. The monoisotopic (exact) mass is 291 g/mol. The fourth-order valence-electron chi connectivity index (χ4n) is 2.29. The first-order valence-corrected chi connectivity index (χ1v) is 7.20. The van der Waals surface area contributed by atoms with E-state index >= 15 is 0 Å². The molecule has 5 heteroatoms. The van der Waals surface area contributed by atoms with Crippen molar-refractivity contribution in [1.29, 1.82) is 0 Å². The first-order valence-electron chi connectivity index (χ1n) is 7.20. The lowest BCUT2D eigenvalue weighted by Gasteiger charge is -2.31. The Bertz CT molecular complexity index is 484. The zero-order valence-corrected chi connectivity index (χ0v) is 13.2. The number of amides is 1. The van der Waals surface area contributed by atoms with Crippen molar-refractivity contribution in [2.24, 2.45) is 22.7 Å². The molecule has 1 unspecified atom stereocenters. The zero-order chi connectivity index (χ0) is 16.0. The number of hydrogen-bond donors (Lipinski definition) is 2. The van der Waals surface area contributed by atoms with Crippen LogP contribution in [0.25, 0.3) is 0 Å². The normalized spacial score (nSPS) is 13.5. The third-order valence-corrected chi connectivity index (χ3v) is 3.47. The number of carbonyl (C=O) groups excluding carboxylic acids is 1. The van der Waals surface area contributed by atoms with E-state index in [1.54, 1.807) is 4.90 Å². The molecule has 1 rings (SSSR count). The van der Waals surface area contributed by atoms with Gasteiger partial charge in [0.15, 0.2) is 5.84 Å². The van der Waals surface area contributed by atoms with E-state index in [9.17, 15) is 4.79 Å². The Kier molecular flexibility index (Phi) is 6.21. The van der Waals surface area contributed by atoms with Gasteiger partial charge in [0.2, 0.25) is 5.91 Å². The van der Waals surface area contributed by atoms with Crippen LogP contribution in [0.5, 0.6) is 0 Å². The number of nitrogens with zero attached hydrogens (tertiary/aromatic N) is 2. The van der Waals surface area contributed by atoms with Gasteiger partial charge in [0.1, 0.15) is 5.92 Å². The van der Waals surface area contributed by atoms with Crippen molar-refractivity contribution in [3.8, 4) is 0 Å². The summed E-state index contributed by atoms with van der Waals surface area (Å²) in [5.74, 6) is -0.792. The molecule has 1 aromatic carbocycles. The van der Waals surface area contributed by atoms with Gasteiger partial charge in [-0.15, -0.1) is 0 Å². The Hall–Kier alpha value is -2.04. The molecule has 0 aromatic heterocycles. The van der Waals surface area contributed by atoms with Crippen molar-refractivity contribution in [1.82, 2.24) is 4.90 Å². The van der Waals surface area contributed by atoms with Crippen molar-refractivity contribution >= 4 is 11.7 Å². The largest absolute Gasteiger partial charge is 0.409 e. The Morgan fingerprint density at radius 1 is 1.24 bits per heavy atom. The summed E-state index contributed by atoms with van der Waals surface area (Å²) in [5, 5.41) is 11.9. The summed E-state index contributed by atoms with van der Waals surface area (Å²) < 4.78 is 0. The molecule has 1 atom stereocenters. The number of carbonyl (C=O) groups is 1. The molecule has 3 N–H and O–H groups in total. The highest BCUT2D eigenvalue weighted by atomic mass is 16.4. The summed E-state index contributed by atoms with van der Waals surface area (Å²) in [4.78, 5) is 14.5. The molecule has 0 saturated carbocycles. The average molecular weight is 291 g/mol. The molecular formula is C16H25N3O2. The molecule has 0 aliphatic carbocycles. The molecule has 0 heterocycles. The Morgan fingerprint density at radius 2 is 1.81 bits per heavy atom. The minimum Gasteiger partial charge on any atom is -0.409 e. The smallest absolute Gasteiger partial charge is 0.234 e. The zero-order valence-electron chi connectivity index (χ0n) is 13.2. The van der Waals surface area contributed by atoms with Gasteiger partial charge in [-0.1, -0.05) is 49.3 Å². The van der Waals surface area contributed by atoms with Crippen LogP contribution in [0.1, 0.15) is 33.3 Å². The molecule has 1 amide bonds. The summed E-state index contributed by atoms with van der Waals surface area (Å²) >= 11 is 0. The predicted molar refractivity (Wildman–Crippen MR) is 83.9 cm³/mol. The lowest BCUT2D eigenvalue weighted by Crippen LogP contribution is -2.46. The van der Waals surface area contributed by atoms with Gasteiger partial charge in [-0.05, 0) is 25.3 Å². The summed E-state index contributed by atoms with van der Waals surface area (Å²) in [5.41, 5.74) is 6.76. The predicted octanol–water partition coefficient (Wildman–Crippen LogP) is 2.44. The Balaban J connectivity index is 3.01. The SMILES string of the molecule is CC(C)C(C(=O)N(Cc1ccccc1)C(C)C)C(N)=NO. The molecule has 0 aliphatic heterocycles. The van der Waals surface area contributed by atoms with Crippen LogP contribution in [0.3, 0.4) is 0 Å². The van der Waals surface area contributed by atoms with E-state index in [0.29, 0.717) is 6.54 Å². The van der Waals surface area contributed by atoms with E-state index in [-0.39, 0.29) is 23.7 Å². The van der Waals surface area contributed by atoms with E-state index in [4.69, 9.17) is 10.9 Å². The van der Waals surface area contributed by atoms with Crippen LogP contribution < -0.4 is 5.73 Å². The second-order valence-electron chi connectivity index (χ2n) is 5.79. The summed E-state index contributed by atoms with van der Waals surface area (Å²) in [6.45, 7) is 8.22. The number of oxime groups is 1. The van der Waals surface area contributed by atoms with E-state index in [1.807, 2.05) is 58.0 Å². The summed E-state index contributed by atoms with van der Waals surface area (Å²) in [6, 6.07) is 9.83. The quantitative estimate of drug-likeness (QED) is 0.366. The van der Waals surface area contributed by atoms with Gasteiger partial charge in [0, 0.05) is 12.6 Å². The summed E-state index contributed by atoms with van der Waals surface area (Å²) in [7, 11) is 0. The van der Waals surface area contributed by atoms with Gasteiger partial charge < -0.3 is 15.8 Å².